The molecule has 0 bridgehead atoms. The van der Waals surface area contributed by atoms with Crippen molar-refractivity contribution in [2.24, 2.45) is 0 Å². The van der Waals surface area contributed by atoms with E-state index < -0.39 is 5.97 Å². The molecule has 374 valence electrons. The second-order valence-corrected chi connectivity index (χ2v) is 20.1. The highest BCUT2D eigenvalue weighted by Gasteiger charge is 2.03. The van der Waals surface area contributed by atoms with Crippen LogP contribution in [-0.4, -0.2) is 23.7 Å². The molecule has 0 amide bonds. The lowest BCUT2D eigenvalue weighted by molar-refractivity contribution is -0.144. The van der Waals surface area contributed by atoms with Crippen molar-refractivity contribution < 1.29 is 19.4 Å². The molecule has 0 aromatic heterocycles. The quantitative estimate of drug-likeness (QED) is 0.0375. The molecule has 0 heterocycles. The topological polar surface area (TPSA) is 63.6 Å². The second-order valence-electron chi connectivity index (χ2n) is 20.1. The van der Waals surface area contributed by atoms with Crippen molar-refractivity contribution in [1.29, 1.82) is 0 Å². The Kier molecular flexibility index (Phi) is 55.6. The van der Waals surface area contributed by atoms with Crippen molar-refractivity contribution >= 4 is 11.9 Å². The van der Waals surface area contributed by atoms with Crippen LogP contribution in [0.25, 0.3) is 0 Å². The van der Waals surface area contributed by atoms with E-state index in [1.807, 2.05) is 0 Å². The summed E-state index contributed by atoms with van der Waals surface area (Å²) in [5.41, 5.74) is 0. The average molecular weight is 888 g/mol. The zero-order valence-corrected chi connectivity index (χ0v) is 43.0. The molecule has 1 N–H and O–H groups in total. The second kappa shape index (κ2) is 56.8. The first-order chi connectivity index (χ1) is 31.2. The van der Waals surface area contributed by atoms with Gasteiger partial charge in [-0.1, -0.05) is 302 Å². The summed E-state index contributed by atoms with van der Waals surface area (Å²) in [6, 6.07) is 0. The van der Waals surface area contributed by atoms with Gasteiger partial charge < -0.3 is 9.84 Å². The normalized spacial score (nSPS) is 11.6. The molecule has 0 spiro atoms. The molecule has 4 nitrogen and oxygen atoms in total. The number of aliphatic carboxylic acids is 1. The van der Waals surface area contributed by atoms with Crippen LogP contribution in [0.15, 0.2) is 12.2 Å². The minimum absolute atomic E-state index is 0.0238. The maximum Gasteiger partial charge on any atom is 0.305 e. The van der Waals surface area contributed by atoms with Crippen molar-refractivity contribution in [2.45, 2.75) is 347 Å². The number of rotatable bonds is 56. The summed E-state index contributed by atoms with van der Waals surface area (Å²) in [5.74, 6) is -0.626. The monoisotopic (exact) mass is 887 g/mol. The van der Waals surface area contributed by atoms with Gasteiger partial charge in [0.05, 0.1) is 6.61 Å². The fraction of sp³-hybridized carbons (Fsp3) is 0.932. The Morgan fingerprint density at radius 1 is 0.302 bits per heavy atom. The maximum absolute atomic E-state index is 12.1. The van der Waals surface area contributed by atoms with Crippen LogP contribution in [0.5, 0.6) is 0 Å². The van der Waals surface area contributed by atoms with E-state index in [1.165, 1.54) is 302 Å². The van der Waals surface area contributed by atoms with E-state index in [-0.39, 0.29) is 5.97 Å². The van der Waals surface area contributed by atoms with E-state index in [1.54, 1.807) is 0 Å². The van der Waals surface area contributed by atoms with Gasteiger partial charge in [-0.3, -0.25) is 9.59 Å². The number of carboxylic acids is 1. The summed E-state index contributed by atoms with van der Waals surface area (Å²) >= 11 is 0. The predicted octanol–water partition coefficient (Wildman–Crippen LogP) is 20.9. The summed E-state index contributed by atoms with van der Waals surface area (Å²) < 4.78 is 5.50. The highest BCUT2D eigenvalue weighted by Crippen LogP contribution is 2.18. The molecule has 0 radical (unpaired) electrons. The molecule has 0 aliphatic carbocycles. The number of allylic oxidation sites excluding steroid dienone is 2. The molecule has 0 saturated carbocycles. The smallest absolute Gasteiger partial charge is 0.305 e. The lowest BCUT2D eigenvalue weighted by atomic mass is 10.0. The fourth-order valence-corrected chi connectivity index (χ4v) is 9.34. The Morgan fingerprint density at radius 2 is 0.524 bits per heavy atom. The number of hydrogen-bond acceptors (Lipinski definition) is 3. The molecule has 0 fully saturated rings. The molecular formula is C59H114O4. The minimum atomic E-state index is -0.650. The lowest BCUT2D eigenvalue weighted by Gasteiger charge is -2.06. The Morgan fingerprint density at radius 3 is 0.794 bits per heavy atom. The highest BCUT2D eigenvalue weighted by molar-refractivity contribution is 5.69. The molecule has 0 saturated heterocycles. The molecule has 0 aromatic rings. The zero-order chi connectivity index (χ0) is 45.5. The number of carboxylic acid groups (broad SMARTS) is 1. The highest BCUT2D eigenvalue weighted by atomic mass is 16.5. The molecule has 0 unspecified atom stereocenters. The fourth-order valence-electron chi connectivity index (χ4n) is 9.34. The number of carbonyl (C=O) groups excluding carboxylic acids is 1. The molecule has 0 aromatic carbocycles. The molecule has 0 rings (SSSR count). The number of esters is 1. The summed E-state index contributed by atoms with van der Waals surface area (Å²) in [4.78, 5) is 22.6. The third-order valence-electron chi connectivity index (χ3n) is 13.7. The Hall–Kier alpha value is -1.32. The SMILES string of the molecule is CCCCCCC=CCCCCCCCCCCCC(=O)OCCCCCCCCCCCCCCCCCCCCCCCCCCCCCCCCCCCCCCC(=O)O. The molecule has 0 aliphatic rings. The summed E-state index contributed by atoms with van der Waals surface area (Å²) in [5, 5.41) is 8.67. The van der Waals surface area contributed by atoms with Crippen LogP contribution >= 0.6 is 0 Å². The van der Waals surface area contributed by atoms with Crippen LogP contribution in [0.3, 0.4) is 0 Å². The molecule has 0 atom stereocenters. The van der Waals surface area contributed by atoms with E-state index in [4.69, 9.17) is 9.84 Å². The van der Waals surface area contributed by atoms with Gasteiger partial charge in [0.2, 0.25) is 0 Å². The van der Waals surface area contributed by atoms with Crippen molar-refractivity contribution in [3.05, 3.63) is 12.2 Å². The predicted molar refractivity (Wildman–Crippen MR) is 278 cm³/mol. The third kappa shape index (κ3) is 58.7. The lowest BCUT2D eigenvalue weighted by Crippen LogP contribution is -2.05. The van der Waals surface area contributed by atoms with Crippen LogP contribution in [0, 0.1) is 0 Å². The van der Waals surface area contributed by atoms with Crippen LogP contribution in [0.1, 0.15) is 347 Å². The van der Waals surface area contributed by atoms with Crippen LogP contribution < -0.4 is 0 Å². The third-order valence-corrected chi connectivity index (χ3v) is 13.7. The summed E-state index contributed by atoms with van der Waals surface area (Å²) in [6.07, 6.45) is 74.8. The Balaban J connectivity index is 3.14. The molecule has 0 aliphatic heterocycles. The van der Waals surface area contributed by atoms with E-state index in [9.17, 15) is 9.59 Å². The Bertz CT molecular complexity index is 898. The van der Waals surface area contributed by atoms with Crippen LogP contribution in [-0.2, 0) is 14.3 Å². The summed E-state index contributed by atoms with van der Waals surface area (Å²) in [7, 11) is 0. The van der Waals surface area contributed by atoms with Gasteiger partial charge in [0, 0.05) is 12.8 Å². The molecule has 4 heteroatoms. The van der Waals surface area contributed by atoms with Gasteiger partial charge in [0.15, 0.2) is 0 Å². The van der Waals surface area contributed by atoms with Gasteiger partial charge in [-0.2, -0.15) is 0 Å². The largest absolute Gasteiger partial charge is 0.481 e. The van der Waals surface area contributed by atoms with Gasteiger partial charge in [-0.25, -0.2) is 0 Å². The number of ether oxygens (including phenoxy) is 1. The average Bonchev–Trinajstić information content (AvgIpc) is 3.28. The summed E-state index contributed by atoms with van der Waals surface area (Å²) in [6.45, 7) is 2.90. The van der Waals surface area contributed by atoms with Crippen molar-refractivity contribution in [3.63, 3.8) is 0 Å². The zero-order valence-electron chi connectivity index (χ0n) is 43.0. The van der Waals surface area contributed by atoms with Gasteiger partial charge >= 0.3 is 11.9 Å². The van der Waals surface area contributed by atoms with Gasteiger partial charge in [-0.05, 0) is 44.9 Å². The van der Waals surface area contributed by atoms with E-state index in [2.05, 4.69) is 19.1 Å². The minimum Gasteiger partial charge on any atom is -0.481 e. The molecular weight excluding hydrogens is 773 g/mol. The van der Waals surface area contributed by atoms with Crippen molar-refractivity contribution in [1.82, 2.24) is 0 Å². The number of carbonyl (C=O) groups is 2. The maximum atomic E-state index is 12.1. The van der Waals surface area contributed by atoms with Crippen molar-refractivity contribution in [2.75, 3.05) is 6.61 Å². The van der Waals surface area contributed by atoms with Gasteiger partial charge in [-0.15, -0.1) is 0 Å². The van der Waals surface area contributed by atoms with Gasteiger partial charge in [0.1, 0.15) is 0 Å². The van der Waals surface area contributed by atoms with Crippen molar-refractivity contribution in [3.8, 4) is 0 Å². The Labute approximate surface area is 395 Å². The number of hydrogen-bond donors (Lipinski definition) is 1. The first kappa shape index (κ1) is 61.7. The molecule has 63 heavy (non-hydrogen) atoms. The first-order valence-electron chi connectivity index (χ1n) is 29.2. The van der Waals surface area contributed by atoms with Crippen LogP contribution in [0.4, 0.5) is 0 Å². The van der Waals surface area contributed by atoms with E-state index >= 15 is 0 Å². The van der Waals surface area contributed by atoms with E-state index in [0.717, 1.165) is 25.7 Å². The van der Waals surface area contributed by atoms with Crippen LogP contribution in [0.2, 0.25) is 0 Å². The standard InChI is InChI=1S/C59H114O4/c1-2-3-4-5-6-7-8-9-10-31-35-38-41-44-47-50-53-56-59(62)63-57-54-51-48-45-42-39-36-33-30-28-26-24-22-20-18-16-14-12-11-13-15-17-19-21-23-25-27-29-32-34-37-40-43-46-49-52-55-58(60)61/h7-8H,2-6,9-57H2,1H3,(H,60,61). The first-order valence-corrected chi connectivity index (χ1v) is 29.2. The number of unbranched alkanes of at least 4 members (excludes halogenated alkanes) is 48. The van der Waals surface area contributed by atoms with Gasteiger partial charge in [0.25, 0.3) is 0 Å². The van der Waals surface area contributed by atoms with E-state index in [0.29, 0.717) is 19.4 Å².